The number of benzene rings is 4. The Hall–Kier alpha value is -5.15. The van der Waals surface area contributed by atoms with Crippen molar-refractivity contribution in [3.63, 3.8) is 0 Å². The Labute approximate surface area is 384 Å². The van der Waals surface area contributed by atoms with Gasteiger partial charge in [0, 0.05) is 22.3 Å². The molecule has 322 valence electrons. The smallest absolute Gasteiger partial charge is 0.870 e. The Balaban J connectivity index is -0.000000217. The summed E-state index contributed by atoms with van der Waals surface area (Å²) in [5.41, 5.74) is 0.00739. The van der Waals surface area contributed by atoms with Crippen molar-refractivity contribution >= 4 is 28.6 Å². The van der Waals surface area contributed by atoms with E-state index in [0.717, 1.165) is 24.0 Å². The fourth-order valence-corrected chi connectivity index (χ4v) is 3.95. The van der Waals surface area contributed by atoms with Crippen molar-refractivity contribution in [2.24, 2.45) is 0 Å². The molecule has 0 unspecified atom stereocenters. The van der Waals surface area contributed by atoms with Crippen molar-refractivity contribution in [3.05, 3.63) is 126 Å². The third kappa shape index (κ3) is 23.4. The molecule has 0 aromatic heterocycles. The molecule has 2 N–H and O–H groups in total. The maximum absolute atomic E-state index is 13.0. The van der Waals surface area contributed by atoms with Gasteiger partial charge in [-0.2, -0.15) is 28.1 Å². The number of nitriles is 2. The number of hydrogen-bond donors (Lipinski definition) is 1. The molecule has 0 aliphatic rings. The average Bonchev–Trinajstić information content (AvgIpc) is 3.20. The van der Waals surface area contributed by atoms with Gasteiger partial charge in [-0.05, 0) is 136 Å². The summed E-state index contributed by atoms with van der Waals surface area (Å²) in [6.45, 7) is 14.2. The summed E-state index contributed by atoms with van der Waals surface area (Å²) in [6.07, 6.45) is 0. The van der Waals surface area contributed by atoms with Gasteiger partial charge in [0.05, 0.1) is 26.4 Å². The predicted octanol–water partition coefficient (Wildman–Crippen LogP) is 6.78. The second kappa shape index (κ2) is 34.7. The molecule has 0 heterocycles. The largest absolute Gasteiger partial charge is 1.00 e. The number of carbonyl (C=O) groups is 3. The first-order chi connectivity index (χ1) is 26.6. The van der Waals surface area contributed by atoms with Gasteiger partial charge in [0.1, 0.15) is 35.1 Å². The van der Waals surface area contributed by atoms with E-state index in [-0.39, 0.29) is 65.1 Å². The first kappa shape index (κ1) is 64.0. The Bertz CT molecular complexity index is 1910. The minimum Gasteiger partial charge on any atom is -0.870 e. The van der Waals surface area contributed by atoms with Gasteiger partial charge >= 0.3 is 64.4 Å². The summed E-state index contributed by atoms with van der Waals surface area (Å²) < 4.78 is 72.0. The van der Waals surface area contributed by atoms with Crippen LogP contribution in [0.3, 0.4) is 0 Å². The molecule has 4 aromatic carbocycles. The molecular weight excluding hydrogens is 876 g/mol. The maximum atomic E-state index is 13.0. The Morgan fingerprint density at radius 2 is 0.917 bits per heavy atom. The van der Waals surface area contributed by atoms with Crippen LogP contribution in [0.4, 0.5) is 17.6 Å². The molecule has 12 nitrogen and oxygen atoms in total. The molecule has 60 heavy (non-hydrogen) atoms. The van der Waals surface area contributed by atoms with Gasteiger partial charge in [-0.15, -0.1) is 0 Å². The first-order valence-corrected chi connectivity index (χ1v) is 16.7. The minimum atomic E-state index is -3.86. The number of ether oxygens (including phenoxy) is 4. The third-order valence-corrected chi connectivity index (χ3v) is 6.60. The molecular formula is C41H42ClCuF4N3NaO9. The first-order valence-electron chi connectivity index (χ1n) is 16.3. The second-order valence-electron chi connectivity index (χ2n) is 10.1. The van der Waals surface area contributed by atoms with Crippen LogP contribution in [0, 0.1) is 34.5 Å². The normalized spacial score (nSPS) is 9.15. The Kier molecular flexibility index (Phi) is 37.0. The van der Waals surface area contributed by atoms with Gasteiger partial charge < -0.3 is 41.4 Å². The van der Waals surface area contributed by atoms with Gasteiger partial charge in [-0.25, -0.2) is 4.79 Å². The van der Waals surface area contributed by atoms with Crippen LogP contribution < -0.4 is 48.5 Å². The van der Waals surface area contributed by atoms with Crippen LogP contribution in [0.2, 0.25) is 0 Å². The van der Waals surface area contributed by atoms with Crippen LogP contribution in [0.15, 0.2) is 97.1 Å². The molecule has 0 aliphatic heterocycles. The topological polar surface area (TPSA) is 210 Å². The van der Waals surface area contributed by atoms with Crippen LogP contribution in [-0.2, 0) is 33.7 Å². The molecule has 0 bridgehead atoms. The fraction of sp³-hybridized carbons (Fsp3) is 0.268. The summed E-state index contributed by atoms with van der Waals surface area (Å²) in [4.78, 5) is 31.8. The van der Waals surface area contributed by atoms with Crippen LogP contribution in [0.5, 0.6) is 23.0 Å². The number of ketones is 1. The van der Waals surface area contributed by atoms with Crippen LogP contribution in [-0.4, -0.2) is 54.0 Å². The zero-order valence-corrected chi connectivity index (χ0v) is 36.0. The number of alkyl halides is 4. The summed E-state index contributed by atoms with van der Waals surface area (Å²) in [7, 11) is 0. The van der Waals surface area contributed by atoms with Crippen molar-refractivity contribution < 1.29 is 108 Å². The van der Waals surface area contributed by atoms with Crippen molar-refractivity contribution in [1.29, 1.82) is 15.8 Å². The zero-order chi connectivity index (χ0) is 42.7. The Morgan fingerprint density at radius 3 is 1.17 bits per heavy atom. The number of nitrogens with zero attached hydrogens (tertiary/aromatic N) is 3. The van der Waals surface area contributed by atoms with Crippen molar-refractivity contribution in [3.8, 4) is 35.1 Å². The van der Waals surface area contributed by atoms with E-state index >= 15 is 0 Å². The molecule has 0 saturated heterocycles. The van der Waals surface area contributed by atoms with Crippen LogP contribution >= 0.6 is 11.6 Å². The standard InChI is InChI=1S/C10H9F2NO.C10H10F2O3.C10H9NO2.C9H9ClO2.CN.CH4.Cu.Na.H2O/c1-2-14-9-5-3-8(4-6-9)10(11,12)7-13;1-2-15-8-5-3-7(4-6-8)10(11,12)9(13)14;1-2-13-9-5-3-8(4-6-9)10(12)7-11;1-2-12-8-5-3-7(4-6-8)9(10)11;1-2;;;;/h3-6H,2H2,1H3;3-6H,2H2,1H3,(H,13,14);3-6H,2H2,1H3;3-6H,2H2,1H3;;1H4;;;1H2/q;;;;-1;;2*+1;/p-1. The number of halogens is 5. The Morgan fingerprint density at radius 1 is 0.633 bits per heavy atom. The van der Waals surface area contributed by atoms with Gasteiger partial charge in [-0.3, -0.25) is 9.59 Å². The molecule has 0 amide bonds. The number of Topliss-reactive ketones (excluding diaryl/α,β-unsaturated/α-hetero) is 1. The monoisotopic (exact) mass is 917 g/mol. The van der Waals surface area contributed by atoms with E-state index in [2.05, 4.69) is 0 Å². The molecule has 0 atom stereocenters. The molecule has 0 aliphatic carbocycles. The van der Waals surface area contributed by atoms with Gasteiger partial charge in [0.15, 0.2) is 0 Å². The number of carboxylic acid groups (broad SMARTS) is 1. The quantitative estimate of drug-likeness (QED) is 0.0368. The van der Waals surface area contributed by atoms with Gasteiger partial charge in [-0.1, -0.05) is 7.43 Å². The van der Waals surface area contributed by atoms with E-state index in [1.165, 1.54) is 36.4 Å². The summed E-state index contributed by atoms with van der Waals surface area (Å²) in [5.74, 6) is -7.56. The van der Waals surface area contributed by atoms with Crippen molar-refractivity contribution in [1.82, 2.24) is 0 Å². The number of carbonyl (C=O) groups excluding carboxylic acids is 2. The summed E-state index contributed by atoms with van der Waals surface area (Å²) in [5, 5.41) is 30.6. The van der Waals surface area contributed by atoms with E-state index < -0.39 is 34.4 Å². The van der Waals surface area contributed by atoms with Crippen LogP contribution in [0.1, 0.15) is 67.0 Å². The number of carboxylic acids is 1. The molecule has 0 saturated carbocycles. The van der Waals surface area contributed by atoms with E-state index in [0.29, 0.717) is 54.8 Å². The number of hydrogen-bond acceptors (Lipinski definition) is 11. The average molecular weight is 919 g/mol. The molecule has 4 aromatic rings. The molecule has 0 radical (unpaired) electrons. The molecule has 4 rings (SSSR count). The van der Waals surface area contributed by atoms with Crippen molar-refractivity contribution in [2.45, 2.75) is 47.0 Å². The number of rotatable bonds is 13. The molecule has 19 heteroatoms. The zero-order valence-electron chi connectivity index (χ0n) is 32.4. The van der Waals surface area contributed by atoms with E-state index in [1.54, 1.807) is 68.4 Å². The third-order valence-electron chi connectivity index (χ3n) is 6.39. The number of aliphatic carboxylic acids is 1. The SMILES string of the molecule is C.CCOc1ccc(C(=O)C#N)cc1.CCOc1ccc(C(=O)Cl)cc1.CCOc1ccc(C(F)(F)C#N)cc1.CCOc1ccc(C(F)(F)C(=O)O)cc1.[C-]#N.[Cu+].[Na+].[OH-]. The molecule has 0 fully saturated rings. The van der Waals surface area contributed by atoms with E-state index in [1.807, 2.05) is 13.8 Å². The summed E-state index contributed by atoms with van der Waals surface area (Å²) in [6, 6.07) is 25.6. The second-order valence-corrected chi connectivity index (χ2v) is 10.5. The van der Waals surface area contributed by atoms with Gasteiger partial charge in [0.25, 0.3) is 11.0 Å². The van der Waals surface area contributed by atoms with Gasteiger partial charge in [0.2, 0.25) is 0 Å². The maximum Gasteiger partial charge on any atom is 1.00 e. The van der Waals surface area contributed by atoms with Crippen molar-refractivity contribution in [2.75, 3.05) is 26.4 Å². The van der Waals surface area contributed by atoms with Crippen LogP contribution in [0.25, 0.3) is 0 Å². The van der Waals surface area contributed by atoms with E-state index in [4.69, 9.17) is 58.0 Å². The minimum absolute atomic E-state index is 0. The predicted molar refractivity (Wildman–Crippen MR) is 205 cm³/mol. The van der Waals surface area contributed by atoms with E-state index in [9.17, 15) is 31.9 Å². The molecule has 0 spiro atoms. The fourth-order valence-electron chi connectivity index (χ4n) is 3.82. The summed E-state index contributed by atoms with van der Waals surface area (Å²) >= 11 is 5.25.